The first-order valence-corrected chi connectivity index (χ1v) is 8.30. The molecule has 1 N–H and O–H groups in total. The summed E-state index contributed by atoms with van der Waals surface area (Å²) in [5.41, 5.74) is 1.52. The molecule has 1 amide bonds. The van der Waals surface area contributed by atoms with Gasteiger partial charge >= 0.3 is 5.97 Å². The Bertz CT molecular complexity index is 762. The van der Waals surface area contributed by atoms with Crippen molar-refractivity contribution >= 4 is 29.0 Å². The van der Waals surface area contributed by atoms with E-state index >= 15 is 0 Å². The second-order valence-corrected chi connectivity index (χ2v) is 6.56. The van der Waals surface area contributed by atoms with Crippen LogP contribution < -0.4 is 0 Å². The molecular weight excluding hydrogens is 328 g/mol. The van der Waals surface area contributed by atoms with E-state index in [0.29, 0.717) is 23.5 Å². The highest BCUT2D eigenvalue weighted by Gasteiger charge is 2.25. The standard InChI is InChI=1S/C17H20N2O4S/c1-10-15(17(22)23-4)13(18-16(10)11(2)20)8-14(21)19(3)9-12-6-5-7-24-12/h5-7,18H,8-9H2,1-4H3. The van der Waals surface area contributed by atoms with Gasteiger partial charge in [-0.05, 0) is 23.9 Å². The number of likely N-dealkylation sites (N-methyl/N-ethyl adjacent to an activating group) is 1. The summed E-state index contributed by atoms with van der Waals surface area (Å²) in [6, 6.07) is 3.89. The number of hydrogen-bond donors (Lipinski definition) is 1. The van der Waals surface area contributed by atoms with Crippen LogP contribution in [0.3, 0.4) is 0 Å². The van der Waals surface area contributed by atoms with Crippen LogP contribution >= 0.6 is 11.3 Å². The molecule has 0 saturated heterocycles. The van der Waals surface area contributed by atoms with Gasteiger partial charge in [-0.2, -0.15) is 0 Å². The van der Waals surface area contributed by atoms with Crippen LogP contribution in [0.1, 0.15) is 43.9 Å². The maximum absolute atomic E-state index is 12.5. The van der Waals surface area contributed by atoms with Crippen LogP contribution in [0.5, 0.6) is 0 Å². The zero-order valence-corrected chi connectivity index (χ0v) is 15.0. The Kier molecular flexibility index (Phi) is 5.56. The molecule has 0 aliphatic rings. The van der Waals surface area contributed by atoms with Gasteiger partial charge in [0.25, 0.3) is 0 Å². The first-order chi connectivity index (χ1) is 11.3. The van der Waals surface area contributed by atoms with Crippen molar-refractivity contribution in [2.75, 3.05) is 14.2 Å². The number of carbonyl (C=O) groups excluding carboxylic acids is 3. The molecule has 0 unspecified atom stereocenters. The van der Waals surface area contributed by atoms with Gasteiger partial charge in [0.2, 0.25) is 5.91 Å². The van der Waals surface area contributed by atoms with E-state index < -0.39 is 5.97 Å². The number of methoxy groups -OCH3 is 1. The molecule has 0 fully saturated rings. The van der Waals surface area contributed by atoms with E-state index in [1.54, 1.807) is 30.2 Å². The Morgan fingerprint density at radius 3 is 2.58 bits per heavy atom. The van der Waals surface area contributed by atoms with E-state index in [0.717, 1.165) is 4.88 Å². The summed E-state index contributed by atoms with van der Waals surface area (Å²) < 4.78 is 4.78. The van der Waals surface area contributed by atoms with E-state index in [9.17, 15) is 14.4 Å². The molecule has 0 aliphatic carbocycles. The summed E-state index contributed by atoms with van der Waals surface area (Å²) in [7, 11) is 2.98. The number of aromatic amines is 1. The molecule has 2 heterocycles. The van der Waals surface area contributed by atoms with Crippen LogP contribution in [0, 0.1) is 6.92 Å². The largest absolute Gasteiger partial charge is 0.465 e. The molecule has 7 heteroatoms. The molecule has 0 spiro atoms. The summed E-state index contributed by atoms with van der Waals surface area (Å²) in [5, 5.41) is 1.95. The van der Waals surface area contributed by atoms with Crippen molar-refractivity contribution in [1.82, 2.24) is 9.88 Å². The van der Waals surface area contributed by atoms with Gasteiger partial charge in [0, 0.05) is 24.5 Å². The van der Waals surface area contributed by atoms with Gasteiger partial charge in [0.1, 0.15) is 0 Å². The molecule has 0 radical (unpaired) electrons. The number of ether oxygens (including phenoxy) is 1. The Balaban J connectivity index is 2.24. The van der Waals surface area contributed by atoms with Crippen molar-refractivity contribution in [1.29, 1.82) is 0 Å². The number of hydrogen-bond acceptors (Lipinski definition) is 5. The fourth-order valence-electron chi connectivity index (χ4n) is 2.53. The third-order valence-corrected chi connectivity index (χ3v) is 4.66. The quantitative estimate of drug-likeness (QED) is 0.643. The summed E-state index contributed by atoms with van der Waals surface area (Å²) in [6.07, 6.45) is 0.000425. The number of carbonyl (C=O) groups is 3. The summed E-state index contributed by atoms with van der Waals surface area (Å²) in [4.78, 5) is 41.8. The van der Waals surface area contributed by atoms with Crippen LogP contribution in [0.25, 0.3) is 0 Å². The number of nitrogens with zero attached hydrogens (tertiary/aromatic N) is 1. The summed E-state index contributed by atoms with van der Waals surface area (Å²) >= 11 is 1.58. The van der Waals surface area contributed by atoms with Crippen molar-refractivity contribution in [3.8, 4) is 0 Å². The molecular formula is C17H20N2O4S. The third kappa shape index (κ3) is 3.73. The van der Waals surface area contributed by atoms with Gasteiger partial charge in [-0.15, -0.1) is 11.3 Å². The SMILES string of the molecule is COC(=O)c1c(CC(=O)N(C)Cc2cccs2)[nH]c(C(C)=O)c1C. The second kappa shape index (κ2) is 7.44. The molecule has 24 heavy (non-hydrogen) atoms. The number of nitrogens with one attached hydrogen (secondary N) is 1. The smallest absolute Gasteiger partial charge is 0.339 e. The van der Waals surface area contributed by atoms with E-state index in [4.69, 9.17) is 4.74 Å². The lowest BCUT2D eigenvalue weighted by molar-refractivity contribution is -0.129. The first-order valence-electron chi connectivity index (χ1n) is 7.42. The fraction of sp³-hybridized carbons (Fsp3) is 0.353. The highest BCUT2D eigenvalue weighted by molar-refractivity contribution is 7.09. The minimum atomic E-state index is -0.556. The molecule has 128 valence electrons. The third-order valence-electron chi connectivity index (χ3n) is 3.80. The number of aromatic nitrogens is 1. The zero-order valence-electron chi connectivity index (χ0n) is 14.1. The Hall–Kier alpha value is -2.41. The van der Waals surface area contributed by atoms with Crippen molar-refractivity contribution in [2.45, 2.75) is 26.8 Å². The van der Waals surface area contributed by atoms with Gasteiger partial charge in [-0.1, -0.05) is 6.07 Å². The van der Waals surface area contributed by atoms with Gasteiger partial charge < -0.3 is 14.6 Å². The first kappa shape index (κ1) is 17.9. The van der Waals surface area contributed by atoms with Gasteiger partial charge in [-0.25, -0.2) is 4.79 Å². The normalized spacial score (nSPS) is 10.5. The number of H-pyrrole nitrogens is 1. The van der Waals surface area contributed by atoms with Crippen molar-refractivity contribution < 1.29 is 19.1 Å². The van der Waals surface area contributed by atoms with Gasteiger partial charge in [0.15, 0.2) is 5.78 Å². The van der Waals surface area contributed by atoms with Gasteiger partial charge in [-0.3, -0.25) is 9.59 Å². The van der Waals surface area contributed by atoms with Crippen LogP contribution in [-0.2, 0) is 22.5 Å². The Labute approximate surface area is 144 Å². The van der Waals surface area contributed by atoms with Crippen LogP contribution in [-0.4, -0.2) is 41.7 Å². The molecule has 0 aliphatic heterocycles. The molecule has 6 nitrogen and oxygen atoms in total. The second-order valence-electron chi connectivity index (χ2n) is 5.53. The lowest BCUT2D eigenvalue weighted by Gasteiger charge is -2.16. The average molecular weight is 348 g/mol. The van der Waals surface area contributed by atoms with Crippen LogP contribution in [0.15, 0.2) is 17.5 Å². The monoisotopic (exact) mass is 348 g/mol. The number of thiophene rings is 1. The van der Waals surface area contributed by atoms with Gasteiger partial charge in [0.05, 0.1) is 31.3 Å². The molecule has 0 aromatic carbocycles. The summed E-state index contributed by atoms with van der Waals surface area (Å²) in [5.74, 6) is -0.895. The minimum Gasteiger partial charge on any atom is -0.465 e. The highest BCUT2D eigenvalue weighted by Crippen LogP contribution is 2.21. The molecule has 2 aromatic rings. The predicted octanol–water partition coefficient (Wildman–Crippen LogP) is 2.57. The maximum atomic E-state index is 12.5. The van der Waals surface area contributed by atoms with Crippen LogP contribution in [0.4, 0.5) is 0 Å². The molecule has 0 bridgehead atoms. The number of Topliss-reactive ketones (excluding diaryl/α,β-unsaturated/α-hetero) is 1. The lowest BCUT2D eigenvalue weighted by Crippen LogP contribution is -2.28. The molecule has 2 rings (SSSR count). The van der Waals surface area contributed by atoms with Crippen molar-refractivity contribution in [3.05, 3.63) is 44.9 Å². The molecule has 0 saturated carbocycles. The van der Waals surface area contributed by atoms with Crippen molar-refractivity contribution in [3.63, 3.8) is 0 Å². The molecule has 2 aromatic heterocycles. The zero-order chi connectivity index (χ0) is 17.9. The topological polar surface area (TPSA) is 79.5 Å². The van der Waals surface area contributed by atoms with E-state index in [-0.39, 0.29) is 23.7 Å². The summed E-state index contributed by atoms with van der Waals surface area (Å²) in [6.45, 7) is 3.58. The minimum absolute atomic E-state index is 0.000425. The van der Waals surface area contributed by atoms with Crippen LogP contribution in [0.2, 0.25) is 0 Å². The maximum Gasteiger partial charge on any atom is 0.339 e. The number of ketones is 1. The number of esters is 1. The van der Waals surface area contributed by atoms with E-state index in [1.807, 2.05) is 17.5 Å². The van der Waals surface area contributed by atoms with Crippen molar-refractivity contribution in [2.24, 2.45) is 0 Å². The number of amides is 1. The fourth-order valence-corrected chi connectivity index (χ4v) is 3.29. The highest BCUT2D eigenvalue weighted by atomic mass is 32.1. The Morgan fingerprint density at radius 1 is 1.33 bits per heavy atom. The average Bonchev–Trinajstić information content (AvgIpc) is 3.14. The van der Waals surface area contributed by atoms with E-state index in [2.05, 4.69) is 4.98 Å². The number of rotatable bonds is 6. The van der Waals surface area contributed by atoms with E-state index in [1.165, 1.54) is 14.0 Å². The lowest BCUT2D eigenvalue weighted by atomic mass is 10.1. The predicted molar refractivity (Wildman–Crippen MR) is 91.4 cm³/mol. The molecule has 0 atom stereocenters. The Morgan fingerprint density at radius 2 is 2.04 bits per heavy atom.